The monoisotopic (exact) mass is 144 g/mol. The molecule has 0 amide bonds. The summed E-state index contributed by atoms with van der Waals surface area (Å²) >= 11 is 1.82. The topological polar surface area (TPSA) is 34.1 Å². The van der Waals surface area contributed by atoms with Gasteiger partial charge in [-0.25, -0.2) is 0 Å². The van der Waals surface area contributed by atoms with E-state index in [0.29, 0.717) is 0 Å². The Morgan fingerprint density at radius 1 is 1.50 bits per heavy atom. The zero-order valence-electron chi connectivity index (χ0n) is 1.63. The average Bonchev–Trinajstić information content (AvgIpc) is 0.811. The zero-order chi connectivity index (χ0) is 3.58. The van der Waals surface area contributed by atoms with Crippen LogP contribution in [-0.4, -0.2) is 22.8 Å². The molecule has 0 aromatic heterocycles. The standard InChI is InChI=1S/O2SSe/c1-3(2)4. The molecule has 0 aliphatic rings. The summed E-state index contributed by atoms with van der Waals surface area (Å²) in [4.78, 5) is 0. The van der Waals surface area contributed by atoms with E-state index in [2.05, 4.69) is 0 Å². The summed E-state index contributed by atoms with van der Waals surface area (Å²) in [5.41, 5.74) is 0. The third-order valence-corrected chi connectivity index (χ3v) is 0. The molecule has 0 aliphatic heterocycles. The predicted molar refractivity (Wildman–Crippen MR) is 14.7 cm³/mol. The summed E-state index contributed by atoms with van der Waals surface area (Å²) in [5.74, 6) is 0. The van der Waals surface area contributed by atoms with Gasteiger partial charge >= 0.3 is 31.4 Å². The molecule has 0 atom stereocenters. The van der Waals surface area contributed by atoms with Crippen molar-refractivity contribution in [3.63, 3.8) is 0 Å². The third-order valence-electron chi connectivity index (χ3n) is 0. The minimum absolute atomic E-state index is 1.82. The molecule has 0 aromatic carbocycles. The summed E-state index contributed by atoms with van der Waals surface area (Å²) in [6.07, 6.45) is 0. The first kappa shape index (κ1) is 4.34. The van der Waals surface area contributed by atoms with E-state index in [0.717, 1.165) is 0 Å². The van der Waals surface area contributed by atoms with Gasteiger partial charge in [-0.15, -0.1) is 0 Å². The Balaban J connectivity index is 4.65. The second kappa shape index (κ2) is 1.64. The normalized spacial score (nSPS) is 6.00. The van der Waals surface area contributed by atoms with E-state index in [-0.39, 0.29) is 0 Å². The fourth-order valence-corrected chi connectivity index (χ4v) is 0. The van der Waals surface area contributed by atoms with Gasteiger partial charge in [0.2, 0.25) is 0 Å². The van der Waals surface area contributed by atoms with E-state index >= 15 is 0 Å². The van der Waals surface area contributed by atoms with Gasteiger partial charge in [0.15, 0.2) is 0 Å². The zero-order valence-corrected chi connectivity index (χ0v) is 4.16. The fraction of sp³-hybridized carbons (Fsp3) is 0. The molecule has 0 saturated heterocycles. The van der Waals surface area contributed by atoms with Crippen LogP contribution >= 0.6 is 0 Å². The quantitative estimate of drug-likeness (QED) is 0.405. The summed E-state index contributed by atoms with van der Waals surface area (Å²) in [5, 5.41) is 0. The molecular weight excluding hydrogens is 143 g/mol. The van der Waals surface area contributed by atoms with Crippen LogP contribution in [0.15, 0.2) is 0 Å². The summed E-state index contributed by atoms with van der Waals surface area (Å²) < 4.78 is 17.9. The van der Waals surface area contributed by atoms with Crippen LogP contribution in [0, 0.1) is 0 Å². The van der Waals surface area contributed by atoms with E-state index in [1.165, 1.54) is 0 Å². The van der Waals surface area contributed by atoms with Crippen LogP contribution in [0.1, 0.15) is 0 Å². The molecule has 0 heterocycles. The van der Waals surface area contributed by atoms with E-state index in [1.54, 1.807) is 0 Å². The molecule has 0 saturated carbocycles. The maximum atomic E-state index is 8.94. The SMILES string of the molecule is O=S(=O)=[Se]. The van der Waals surface area contributed by atoms with Gasteiger partial charge in [-0.3, -0.25) is 0 Å². The Labute approximate surface area is 32.0 Å². The van der Waals surface area contributed by atoms with Crippen molar-refractivity contribution in [3.05, 3.63) is 0 Å². The van der Waals surface area contributed by atoms with Crippen LogP contribution in [0.5, 0.6) is 0 Å². The van der Waals surface area contributed by atoms with E-state index in [9.17, 15) is 0 Å². The van der Waals surface area contributed by atoms with Crippen LogP contribution in [0.3, 0.4) is 0 Å². The van der Waals surface area contributed by atoms with Crippen molar-refractivity contribution in [2.45, 2.75) is 0 Å². The van der Waals surface area contributed by atoms with Crippen LogP contribution in [0.4, 0.5) is 0 Å². The number of hydrogen-bond donors (Lipinski definition) is 0. The van der Waals surface area contributed by atoms with Crippen LogP contribution in [0.25, 0.3) is 0 Å². The maximum absolute atomic E-state index is 8.94. The second-order valence-electron chi connectivity index (χ2n) is 0.204. The molecule has 2 nitrogen and oxygen atoms in total. The first-order chi connectivity index (χ1) is 1.73. The molecule has 0 spiro atoms. The van der Waals surface area contributed by atoms with Gasteiger partial charge < -0.3 is 0 Å². The number of rotatable bonds is 0. The summed E-state index contributed by atoms with van der Waals surface area (Å²) in [6.45, 7) is 0. The van der Waals surface area contributed by atoms with Gasteiger partial charge in [0.05, 0.1) is 0 Å². The molecular formula is O2SSe. The van der Waals surface area contributed by atoms with Gasteiger partial charge in [0.1, 0.15) is 0 Å². The van der Waals surface area contributed by atoms with E-state index in [1.807, 2.05) is 14.4 Å². The minimum atomic E-state index is -1.99. The van der Waals surface area contributed by atoms with E-state index < -0.39 is 8.63 Å². The van der Waals surface area contributed by atoms with Gasteiger partial charge in [0.25, 0.3) is 0 Å². The Morgan fingerprint density at radius 2 is 1.50 bits per heavy atom. The first-order valence-electron chi connectivity index (χ1n) is 0.500. The molecule has 0 aliphatic carbocycles. The first-order valence-corrected chi connectivity index (χ1v) is 3.60. The third kappa shape index (κ3) is 36.4. The van der Waals surface area contributed by atoms with Crippen molar-refractivity contribution >= 4 is 23.0 Å². The second-order valence-corrected chi connectivity index (χ2v) is 2.33. The van der Waals surface area contributed by atoms with Crippen molar-refractivity contribution in [2.75, 3.05) is 0 Å². The molecule has 0 fully saturated rings. The Morgan fingerprint density at radius 3 is 1.50 bits per heavy atom. The van der Waals surface area contributed by atoms with E-state index in [4.69, 9.17) is 8.42 Å². The molecule has 4 heavy (non-hydrogen) atoms. The van der Waals surface area contributed by atoms with Gasteiger partial charge in [-0.1, -0.05) is 0 Å². The van der Waals surface area contributed by atoms with Crippen LogP contribution in [0.2, 0.25) is 0 Å². The Hall–Kier alpha value is 0.339. The van der Waals surface area contributed by atoms with Crippen molar-refractivity contribution in [1.82, 2.24) is 0 Å². The molecule has 4 heteroatoms. The molecule has 0 aromatic rings. The Kier molecular flexibility index (Phi) is 1.78. The molecule has 0 rings (SSSR count). The molecule has 24 valence electrons. The Bertz CT molecular complexity index is 75.4. The fourth-order valence-electron chi connectivity index (χ4n) is 0. The van der Waals surface area contributed by atoms with Crippen LogP contribution < -0.4 is 0 Å². The number of hydrogen-bond acceptors (Lipinski definition) is 2. The average molecular weight is 143 g/mol. The van der Waals surface area contributed by atoms with Crippen molar-refractivity contribution in [1.29, 1.82) is 0 Å². The van der Waals surface area contributed by atoms with Gasteiger partial charge in [-0.05, 0) is 0 Å². The van der Waals surface area contributed by atoms with Gasteiger partial charge in [0, 0.05) is 0 Å². The summed E-state index contributed by atoms with van der Waals surface area (Å²) in [6, 6.07) is 0. The van der Waals surface area contributed by atoms with Crippen molar-refractivity contribution in [3.8, 4) is 0 Å². The van der Waals surface area contributed by atoms with Crippen LogP contribution in [-0.2, 0) is 8.63 Å². The molecule has 0 radical (unpaired) electrons. The van der Waals surface area contributed by atoms with Gasteiger partial charge in [-0.2, -0.15) is 0 Å². The molecule has 0 bridgehead atoms. The molecule has 0 unspecified atom stereocenters. The van der Waals surface area contributed by atoms with Crippen molar-refractivity contribution in [2.24, 2.45) is 0 Å². The van der Waals surface area contributed by atoms with Crippen molar-refractivity contribution < 1.29 is 8.42 Å². The summed E-state index contributed by atoms with van der Waals surface area (Å²) in [7, 11) is -1.99. The predicted octanol–water partition coefficient (Wildman–Crippen LogP) is -1.05. The molecule has 0 N–H and O–H groups in total.